The van der Waals surface area contributed by atoms with Crippen molar-refractivity contribution in [2.75, 3.05) is 5.32 Å². The average molecular weight is 387 g/mol. The topological polar surface area (TPSA) is 42.2 Å². The molecule has 0 spiro atoms. The monoisotopic (exact) mass is 386 g/mol. The number of benzene rings is 2. The van der Waals surface area contributed by atoms with Gasteiger partial charge in [0.1, 0.15) is 5.82 Å². The summed E-state index contributed by atoms with van der Waals surface area (Å²) in [7, 11) is 0. The molecule has 150 valence electrons. The average Bonchev–Trinajstić information content (AvgIpc) is 3.19. The van der Waals surface area contributed by atoms with E-state index in [9.17, 15) is 0 Å². The summed E-state index contributed by atoms with van der Waals surface area (Å²) in [6.45, 7) is 11.3. The van der Waals surface area contributed by atoms with Crippen LogP contribution in [0.4, 0.5) is 5.82 Å². The van der Waals surface area contributed by atoms with Crippen molar-refractivity contribution in [3.63, 3.8) is 0 Å². The van der Waals surface area contributed by atoms with E-state index in [-0.39, 0.29) is 0 Å². The summed E-state index contributed by atoms with van der Waals surface area (Å²) in [6, 6.07) is 19.2. The SMILES string of the molecule is CC.Cc1ccc(-c2cnn3c(NCc4ccc(C(C)C)cc4)ccnc23)cc1. The maximum Gasteiger partial charge on any atom is 0.165 e. The molecular formula is C25H30N4. The Morgan fingerprint density at radius 2 is 1.62 bits per heavy atom. The number of hydrogen-bond donors (Lipinski definition) is 1. The van der Waals surface area contributed by atoms with Crippen LogP contribution in [0.2, 0.25) is 0 Å². The molecule has 2 aromatic heterocycles. The Morgan fingerprint density at radius 1 is 0.931 bits per heavy atom. The second-order valence-electron chi connectivity index (χ2n) is 7.24. The Labute approximate surface area is 173 Å². The van der Waals surface area contributed by atoms with Crippen molar-refractivity contribution in [1.29, 1.82) is 0 Å². The van der Waals surface area contributed by atoms with Crippen molar-refractivity contribution in [3.8, 4) is 11.1 Å². The van der Waals surface area contributed by atoms with Crippen molar-refractivity contribution in [3.05, 3.63) is 83.7 Å². The predicted octanol–water partition coefficient (Wildman–Crippen LogP) is 6.47. The summed E-state index contributed by atoms with van der Waals surface area (Å²) in [5.41, 5.74) is 6.88. The number of aromatic nitrogens is 3. The van der Waals surface area contributed by atoms with E-state index in [0.29, 0.717) is 5.92 Å². The van der Waals surface area contributed by atoms with Gasteiger partial charge in [-0.3, -0.25) is 0 Å². The predicted molar refractivity (Wildman–Crippen MR) is 122 cm³/mol. The Bertz CT molecular complexity index is 1040. The highest BCUT2D eigenvalue weighted by Crippen LogP contribution is 2.25. The Hall–Kier alpha value is -3.14. The summed E-state index contributed by atoms with van der Waals surface area (Å²) in [6.07, 6.45) is 3.72. The smallest absolute Gasteiger partial charge is 0.165 e. The molecule has 4 rings (SSSR count). The van der Waals surface area contributed by atoms with Gasteiger partial charge in [-0.25, -0.2) is 4.98 Å². The van der Waals surface area contributed by atoms with Gasteiger partial charge in [-0.2, -0.15) is 9.61 Å². The van der Waals surface area contributed by atoms with Gasteiger partial charge in [0.15, 0.2) is 5.65 Å². The summed E-state index contributed by atoms with van der Waals surface area (Å²) in [5, 5.41) is 8.05. The summed E-state index contributed by atoms with van der Waals surface area (Å²) in [5.74, 6) is 1.49. The molecule has 4 nitrogen and oxygen atoms in total. The van der Waals surface area contributed by atoms with E-state index < -0.39 is 0 Å². The van der Waals surface area contributed by atoms with Gasteiger partial charge < -0.3 is 5.32 Å². The standard InChI is InChI=1S/C23H24N4.C2H6/c1-16(2)19-10-6-18(7-11-19)14-25-22-12-13-24-23-21(15-26-27(22)23)20-8-4-17(3)5-9-20;1-2/h4-13,15-16,25H,14H2,1-3H3;1-2H3. The summed E-state index contributed by atoms with van der Waals surface area (Å²) in [4.78, 5) is 4.55. The van der Waals surface area contributed by atoms with Crippen molar-refractivity contribution >= 4 is 11.5 Å². The fraction of sp³-hybridized carbons (Fsp3) is 0.280. The van der Waals surface area contributed by atoms with E-state index in [1.807, 2.05) is 36.8 Å². The zero-order valence-electron chi connectivity index (χ0n) is 18.0. The number of hydrogen-bond acceptors (Lipinski definition) is 3. The number of fused-ring (bicyclic) bond motifs is 1. The number of anilines is 1. The van der Waals surface area contributed by atoms with Gasteiger partial charge in [-0.15, -0.1) is 0 Å². The van der Waals surface area contributed by atoms with Gasteiger partial charge in [0, 0.05) is 18.3 Å². The van der Waals surface area contributed by atoms with Gasteiger partial charge in [-0.1, -0.05) is 81.8 Å². The van der Waals surface area contributed by atoms with Gasteiger partial charge in [0.2, 0.25) is 0 Å². The Morgan fingerprint density at radius 3 is 2.28 bits per heavy atom. The van der Waals surface area contributed by atoms with Crippen LogP contribution in [0.5, 0.6) is 0 Å². The largest absolute Gasteiger partial charge is 0.366 e. The van der Waals surface area contributed by atoms with Crippen LogP contribution in [0.1, 0.15) is 50.3 Å². The molecule has 4 aromatic rings. The molecule has 0 aliphatic carbocycles. The maximum atomic E-state index is 4.56. The quantitative estimate of drug-likeness (QED) is 0.427. The van der Waals surface area contributed by atoms with Crippen LogP contribution in [0.25, 0.3) is 16.8 Å². The van der Waals surface area contributed by atoms with E-state index >= 15 is 0 Å². The molecule has 0 aliphatic heterocycles. The first kappa shape index (κ1) is 20.6. The molecule has 0 saturated heterocycles. The first-order chi connectivity index (χ1) is 14.1. The highest BCUT2D eigenvalue weighted by atomic mass is 15.3. The second kappa shape index (κ2) is 9.37. The zero-order valence-corrected chi connectivity index (χ0v) is 18.0. The van der Waals surface area contributed by atoms with E-state index in [1.165, 1.54) is 16.7 Å². The highest BCUT2D eigenvalue weighted by molar-refractivity contribution is 5.78. The van der Waals surface area contributed by atoms with E-state index in [1.54, 1.807) is 0 Å². The number of nitrogens with one attached hydrogen (secondary N) is 1. The third-order valence-corrected chi connectivity index (χ3v) is 4.88. The minimum absolute atomic E-state index is 0.552. The van der Waals surface area contributed by atoms with Crippen LogP contribution in [0.3, 0.4) is 0 Å². The summed E-state index contributed by atoms with van der Waals surface area (Å²) >= 11 is 0. The molecular weight excluding hydrogens is 356 g/mol. The number of rotatable bonds is 5. The van der Waals surface area contributed by atoms with Crippen LogP contribution in [0.15, 0.2) is 67.0 Å². The zero-order chi connectivity index (χ0) is 20.8. The van der Waals surface area contributed by atoms with Crippen LogP contribution in [-0.2, 0) is 6.54 Å². The molecule has 2 aromatic carbocycles. The first-order valence-electron chi connectivity index (χ1n) is 10.3. The molecule has 0 unspecified atom stereocenters. The minimum Gasteiger partial charge on any atom is -0.366 e. The molecule has 0 fully saturated rings. The molecule has 0 radical (unpaired) electrons. The molecule has 2 heterocycles. The molecule has 1 N–H and O–H groups in total. The third-order valence-electron chi connectivity index (χ3n) is 4.88. The maximum absolute atomic E-state index is 4.56. The number of nitrogens with zero attached hydrogens (tertiary/aromatic N) is 3. The summed E-state index contributed by atoms with van der Waals surface area (Å²) < 4.78 is 1.87. The minimum atomic E-state index is 0.552. The molecule has 0 atom stereocenters. The fourth-order valence-corrected chi connectivity index (χ4v) is 3.18. The van der Waals surface area contributed by atoms with Crippen molar-refractivity contribution < 1.29 is 0 Å². The lowest BCUT2D eigenvalue weighted by Gasteiger charge is -2.10. The normalized spacial score (nSPS) is 10.7. The van der Waals surface area contributed by atoms with Gasteiger partial charge >= 0.3 is 0 Å². The van der Waals surface area contributed by atoms with Crippen LogP contribution in [0, 0.1) is 6.92 Å². The van der Waals surface area contributed by atoms with Crippen molar-refractivity contribution in [1.82, 2.24) is 14.6 Å². The molecule has 0 saturated carbocycles. The molecule has 4 heteroatoms. The van der Waals surface area contributed by atoms with E-state index in [0.717, 1.165) is 29.1 Å². The third kappa shape index (κ3) is 4.65. The highest BCUT2D eigenvalue weighted by Gasteiger charge is 2.10. The molecule has 0 aliphatic rings. The van der Waals surface area contributed by atoms with Gasteiger partial charge in [0.05, 0.1) is 6.20 Å². The molecule has 0 amide bonds. The van der Waals surface area contributed by atoms with Crippen molar-refractivity contribution in [2.45, 2.75) is 47.1 Å². The second-order valence-corrected chi connectivity index (χ2v) is 7.24. The molecule has 29 heavy (non-hydrogen) atoms. The van der Waals surface area contributed by atoms with Gasteiger partial charge in [-0.05, 0) is 35.6 Å². The number of aryl methyl sites for hydroxylation is 1. The van der Waals surface area contributed by atoms with Gasteiger partial charge in [0.25, 0.3) is 0 Å². The first-order valence-corrected chi connectivity index (χ1v) is 10.3. The van der Waals surface area contributed by atoms with E-state index in [4.69, 9.17) is 0 Å². The molecule has 0 bridgehead atoms. The van der Waals surface area contributed by atoms with Crippen LogP contribution in [-0.4, -0.2) is 14.6 Å². The fourth-order valence-electron chi connectivity index (χ4n) is 3.18. The lowest BCUT2D eigenvalue weighted by molar-refractivity contribution is 0.864. The lowest BCUT2D eigenvalue weighted by Crippen LogP contribution is -2.05. The lowest BCUT2D eigenvalue weighted by atomic mass is 10.0. The Kier molecular flexibility index (Phi) is 6.65. The Balaban J connectivity index is 0.00000117. The van der Waals surface area contributed by atoms with Crippen molar-refractivity contribution in [2.24, 2.45) is 0 Å². The van der Waals surface area contributed by atoms with Crippen LogP contribution < -0.4 is 5.32 Å². The van der Waals surface area contributed by atoms with E-state index in [2.05, 4.69) is 84.7 Å². The van der Waals surface area contributed by atoms with Crippen LogP contribution >= 0.6 is 0 Å².